The van der Waals surface area contributed by atoms with Gasteiger partial charge < -0.3 is 14.7 Å². The van der Waals surface area contributed by atoms with Crippen molar-refractivity contribution in [2.75, 3.05) is 46.0 Å². The molecule has 1 aromatic rings. The summed E-state index contributed by atoms with van der Waals surface area (Å²) in [7, 11) is 0. The zero-order valence-electron chi connectivity index (χ0n) is 14.9. The summed E-state index contributed by atoms with van der Waals surface area (Å²) in [6, 6.07) is 3.81. The van der Waals surface area contributed by atoms with Gasteiger partial charge in [0.1, 0.15) is 0 Å². The van der Waals surface area contributed by atoms with E-state index >= 15 is 0 Å². The van der Waals surface area contributed by atoms with Crippen LogP contribution in [0.4, 0.5) is 8.78 Å². The fourth-order valence-corrected chi connectivity index (χ4v) is 4.05. The Labute approximate surface area is 152 Å². The summed E-state index contributed by atoms with van der Waals surface area (Å²) in [5.74, 6) is -1.63. The third-order valence-electron chi connectivity index (χ3n) is 5.40. The first kappa shape index (κ1) is 19.2. The second kappa shape index (κ2) is 8.41. The van der Waals surface area contributed by atoms with Crippen molar-refractivity contribution in [1.82, 2.24) is 9.80 Å². The lowest BCUT2D eigenvalue weighted by atomic mass is 9.78. The molecule has 0 radical (unpaired) electrons. The van der Waals surface area contributed by atoms with Crippen LogP contribution in [0.15, 0.2) is 18.2 Å². The number of hydrogen-bond donors (Lipinski definition) is 1. The Morgan fingerprint density at radius 3 is 2.77 bits per heavy atom. The Bertz CT molecular complexity index is 643. The molecule has 2 aliphatic rings. The van der Waals surface area contributed by atoms with Gasteiger partial charge in [-0.2, -0.15) is 0 Å². The molecule has 3 rings (SSSR count). The van der Waals surface area contributed by atoms with E-state index in [0.717, 1.165) is 38.4 Å². The molecule has 2 heterocycles. The van der Waals surface area contributed by atoms with Crippen molar-refractivity contribution in [2.24, 2.45) is 5.41 Å². The highest BCUT2D eigenvalue weighted by Crippen LogP contribution is 2.40. The molecule has 2 saturated heterocycles. The van der Waals surface area contributed by atoms with Crippen LogP contribution in [0, 0.1) is 17.0 Å². The molecule has 0 aliphatic carbocycles. The Morgan fingerprint density at radius 2 is 2.00 bits per heavy atom. The van der Waals surface area contributed by atoms with Crippen molar-refractivity contribution >= 4 is 5.91 Å². The molecule has 0 bridgehead atoms. The minimum absolute atomic E-state index is 0.0152. The Hall–Kier alpha value is -1.57. The topological polar surface area (TPSA) is 53.0 Å². The first-order chi connectivity index (χ1) is 12.5. The van der Waals surface area contributed by atoms with Gasteiger partial charge in [0.15, 0.2) is 11.6 Å². The van der Waals surface area contributed by atoms with Gasteiger partial charge in [-0.15, -0.1) is 0 Å². The quantitative estimate of drug-likeness (QED) is 0.746. The number of benzene rings is 1. The van der Waals surface area contributed by atoms with Gasteiger partial charge in [0, 0.05) is 26.2 Å². The lowest BCUT2D eigenvalue weighted by Crippen LogP contribution is -2.49. The maximum atomic E-state index is 13.4. The molecule has 0 aromatic heterocycles. The number of amides is 1. The van der Waals surface area contributed by atoms with Crippen molar-refractivity contribution in [2.45, 2.75) is 25.8 Å². The van der Waals surface area contributed by atoms with E-state index in [9.17, 15) is 13.6 Å². The van der Waals surface area contributed by atoms with E-state index < -0.39 is 11.6 Å². The van der Waals surface area contributed by atoms with Gasteiger partial charge in [0.25, 0.3) is 0 Å². The first-order valence-electron chi connectivity index (χ1n) is 9.18. The van der Waals surface area contributed by atoms with Crippen molar-refractivity contribution in [3.63, 3.8) is 0 Å². The maximum absolute atomic E-state index is 13.4. The molecule has 2 aliphatic heterocycles. The summed E-state index contributed by atoms with van der Waals surface area (Å²) in [5.41, 5.74) is 0.245. The number of piperidine rings is 1. The van der Waals surface area contributed by atoms with Crippen LogP contribution in [0.1, 0.15) is 24.8 Å². The number of aliphatic hydroxyl groups is 1. The van der Waals surface area contributed by atoms with Crippen LogP contribution < -0.4 is 0 Å². The van der Waals surface area contributed by atoms with Crippen molar-refractivity contribution < 1.29 is 23.4 Å². The standard InChI is InChI=1S/C19H26F2N2O3/c20-16-3-2-15(12-17(16)21)13-23-6-1-4-19(18(23)25)5-7-22(14-19)8-10-26-11-9-24/h2-3,12,24H,1,4-11,13-14H2/t19-/m0/s1. The van der Waals surface area contributed by atoms with Crippen molar-refractivity contribution in [1.29, 1.82) is 0 Å². The van der Waals surface area contributed by atoms with Crippen molar-refractivity contribution in [3.05, 3.63) is 35.4 Å². The molecule has 7 heteroatoms. The second-order valence-electron chi connectivity index (χ2n) is 7.22. The molecule has 1 amide bonds. The van der Waals surface area contributed by atoms with Gasteiger partial charge in [-0.1, -0.05) is 6.07 Å². The number of rotatable bonds is 7. The smallest absolute Gasteiger partial charge is 0.230 e. The van der Waals surface area contributed by atoms with Crippen molar-refractivity contribution in [3.8, 4) is 0 Å². The van der Waals surface area contributed by atoms with Crippen LogP contribution in [0.25, 0.3) is 0 Å². The van der Waals surface area contributed by atoms with Crippen LogP contribution in [0.3, 0.4) is 0 Å². The average Bonchev–Trinajstić information content (AvgIpc) is 3.03. The minimum atomic E-state index is -0.878. The Kier molecular flexibility index (Phi) is 6.21. The minimum Gasteiger partial charge on any atom is -0.394 e. The van der Waals surface area contributed by atoms with Crippen LogP contribution in [-0.4, -0.2) is 66.8 Å². The Balaban J connectivity index is 1.59. The number of halogens is 2. The van der Waals surface area contributed by atoms with E-state index in [1.165, 1.54) is 12.1 Å². The van der Waals surface area contributed by atoms with E-state index in [0.29, 0.717) is 38.4 Å². The number of aliphatic hydroxyl groups excluding tert-OH is 1. The van der Waals surface area contributed by atoms with E-state index in [2.05, 4.69) is 4.90 Å². The maximum Gasteiger partial charge on any atom is 0.230 e. The number of nitrogens with zero attached hydrogens (tertiary/aromatic N) is 2. The van der Waals surface area contributed by atoms with E-state index in [1.54, 1.807) is 4.90 Å². The molecule has 1 N–H and O–H groups in total. The second-order valence-corrected chi connectivity index (χ2v) is 7.22. The molecule has 0 saturated carbocycles. The highest BCUT2D eigenvalue weighted by atomic mass is 19.2. The third-order valence-corrected chi connectivity index (χ3v) is 5.40. The van der Waals surface area contributed by atoms with Crippen LogP contribution in [0.5, 0.6) is 0 Å². The normalized spacial score (nSPS) is 24.0. The molecule has 1 spiro atoms. The Morgan fingerprint density at radius 1 is 1.15 bits per heavy atom. The molecule has 5 nitrogen and oxygen atoms in total. The number of carbonyl (C=O) groups is 1. The van der Waals surface area contributed by atoms with Gasteiger partial charge in [-0.25, -0.2) is 8.78 Å². The van der Waals surface area contributed by atoms with Gasteiger partial charge in [-0.05, 0) is 43.5 Å². The highest BCUT2D eigenvalue weighted by molar-refractivity contribution is 5.84. The van der Waals surface area contributed by atoms with Gasteiger partial charge in [0.2, 0.25) is 5.91 Å². The fourth-order valence-electron chi connectivity index (χ4n) is 4.05. The first-order valence-corrected chi connectivity index (χ1v) is 9.18. The molecule has 2 fully saturated rings. The number of carbonyl (C=O) groups excluding carboxylic acids is 1. The zero-order valence-corrected chi connectivity index (χ0v) is 14.9. The number of ether oxygens (including phenoxy) is 1. The van der Waals surface area contributed by atoms with Gasteiger partial charge >= 0.3 is 0 Å². The van der Waals surface area contributed by atoms with Gasteiger partial charge in [-0.3, -0.25) is 9.69 Å². The zero-order chi connectivity index (χ0) is 18.6. The summed E-state index contributed by atoms with van der Waals surface area (Å²) in [5, 5.41) is 8.74. The molecular formula is C19H26F2N2O3. The van der Waals surface area contributed by atoms with E-state index in [4.69, 9.17) is 9.84 Å². The largest absolute Gasteiger partial charge is 0.394 e. The lowest BCUT2D eigenvalue weighted by molar-refractivity contribution is -0.146. The predicted molar refractivity (Wildman–Crippen MR) is 92.4 cm³/mol. The highest BCUT2D eigenvalue weighted by Gasteiger charge is 2.48. The summed E-state index contributed by atoms with van der Waals surface area (Å²) in [6.45, 7) is 4.18. The molecule has 1 aromatic carbocycles. The molecule has 144 valence electrons. The molecule has 1 atom stereocenters. The van der Waals surface area contributed by atoms with E-state index in [1.807, 2.05) is 0 Å². The lowest BCUT2D eigenvalue weighted by Gasteiger charge is -2.39. The molecule has 0 unspecified atom stereocenters. The summed E-state index contributed by atoms with van der Waals surface area (Å²) < 4.78 is 31.9. The predicted octanol–water partition coefficient (Wildman–Crippen LogP) is 1.79. The number of likely N-dealkylation sites (tertiary alicyclic amines) is 2. The van der Waals surface area contributed by atoms with Crippen LogP contribution in [-0.2, 0) is 16.1 Å². The average molecular weight is 368 g/mol. The molecular weight excluding hydrogens is 342 g/mol. The summed E-state index contributed by atoms with van der Waals surface area (Å²) in [6.07, 6.45) is 2.61. The van der Waals surface area contributed by atoms with E-state index in [-0.39, 0.29) is 17.9 Å². The number of hydrogen-bond acceptors (Lipinski definition) is 4. The third kappa shape index (κ3) is 4.22. The fraction of sp³-hybridized carbons (Fsp3) is 0.632. The SMILES string of the molecule is O=C1N(Cc2ccc(F)c(F)c2)CCC[C@@]12CCN(CCOCCO)C2. The summed E-state index contributed by atoms with van der Waals surface area (Å²) >= 11 is 0. The van der Waals surface area contributed by atoms with Gasteiger partial charge in [0.05, 0.1) is 25.2 Å². The monoisotopic (exact) mass is 368 g/mol. The van der Waals surface area contributed by atoms with Crippen LogP contribution in [0.2, 0.25) is 0 Å². The summed E-state index contributed by atoms with van der Waals surface area (Å²) in [4.78, 5) is 17.1. The van der Waals surface area contributed by atoms with Crippen LogP contribution >= 0.6 is 0 Å². The molecule has 26 heavy (non-hydrogen) atoms.